The van der Waals surface area contributed by atoms with Gasteiger partial charge in [-0.2, -0.15) is 26.3 Å². The number of halogens is 6. The summed E-state index contributed by atoms with van der Waals surface area (Å²) in [5.41, 5.74) is 3.37. The van der Waals surface area contributed by atoms with Gasteiger partial charge in [0.15, 0.2) is 0 Å². The summed E-state index contributed by atoms with van der Waals surface area (Å²) < 4.78 is 80.8. The van der Waals surface area contributed by atoms with Crippen molar-refractivity contribution in [2.75, 3.05) is 11.9 Å². The van der Waals surface area contributed by atoms with Crippen LogP contribution in [0.4, 0.5) is 32.0 Å². The molecule has 270 valence electrons. The van der Waals surface area contributed by atoms with E-state index < -0.39 is 41.7 Å². The number of nitrogens with one attached hydrogen (secondary N) is 2. The molecule has 13 heteroatoms. The number of fused-ring (bicyclic) bond motifs is 4. The first-order valence-corrected chi connectivity index (χ1v) is 16.8. The average Bonchev–Trinajstić information content (AvgIpc) is 3.70. The number of anilines is 1. The lowest BCUT2D eigenvalue weighted by Gasteiger charge is -2.31. The van der Waals surface area contributed by atoms with Crippen LogP contribution in [0.5, 0.6) is 0 Å². The number of alkyl halides is 6. The molecule has 7 nitrogen and oxygen atoms in total. The molecule has 0 bridgehead atoms. The van der Waals surface area contributed by atoms with Crippen molar-refractivity contribution in [3.8, 4) is 22.3 Å². The molecule has 2 amide bonds. The number of aromatic nitrogens is 3. The largest absolute Gasteiger partial charge is 0.416 e. The quantitative estimate of drug-likeness (QED) is 0.109. The molecule has 0 spiro atoms. The number of benzene rings is 5. The summed E-state index contributed by atoms with van der Waals surface area (Å²) in [7, 11) is 0. The molecule has 1 aromatic heterocycles. The molecular formula is C40H31F6N5O2. The van der Waals surface area contributed by atoms with Crippen LogP contribution in [0.15, 0.2) is 115 Å². The highest BCUT2D eigenvalue weighted by Crippen LogP contribution is 2.51. The molecule has 0 saturated heterocycles. The van der Waals surface area contributed by atoms with Crippen LogP contribution in [-0.2, 0) is 22.9 Å². The van der Waals surface area contributed by atoms with Gasteiger partial charge in [0.05, 0.1) is 16.8 Å². The molecule has 0 aliphatic heterocycles. The van der Waals surface area contributed by atoms with Gasteiger partial charge in [-0.15, -0.1) is 5.10 Å². The highest BCUT2D eigenvalue weighted by molar-refractivity contribution is 6.11. The lowest BCUT2D eigenvalue weighted by Crippen LogP contribution is -2.47. The summed E-state index contributed by atoms with van der Waals surface area (Å²) in [4.78, 5) is 27.3. The van der Waals surface area contributed by atoms with E-state index in [-0.39, 0.29) is 12.0 Å². The minimum Gasteiger partial charge on any atom is -0.346 e. The molecule has 5 aromatic carbocycles. The van der Waals surface area contributed by atoms with Gasteiger partial charge < -0.3 is 10.6 Å². The lowest BCUT2D eigenvalue weighted by molar-refractivity contribution is -0.141. The van der Waals surface area contributed by atoms with Crippen LogP contribution >= 0.6 is 0 Å². The Morgan fingerprint density at radius 2 is 1.32 bits per heavy atom. The van der Waals surface area contributed by atoms with Crippen molar-refractivity contribution in [3.63, 3.8) is 0 Å². The summed E-state index contributed by atoms with van der Waals surface area (Å²) in [6.07, 6.45) is -7.85. The molecule has 0 saturated carbocycles. The van der Waals surface area contributed by atoms with E-state index >= 15 is 0 Å². The second kappa shape index (κ2) is 13.9. The monoisotopic (exact) mass is 727 g/mol. The molecule has 2 N–H and O–H groups in total. The van der Waals surface area contributed by atoms with Crippen LogP contribution < -0.4 is 10.6 Å². The molecule has 6 aromatic rings. The SMILES string of the molecule is O=C(Nc1cccc2c1nnn2CCCCC1(C(=O)NCC(F)(F)F)c2ccccc2-c2ccccc21)c1ccccc1-c1ccc(C(F)(F)F)cc1. The molecule has 1 aliphatic carbocycles. The number of hydrogen-bond acceptors (Lipinski definition) is 4. The van der Waals surface area contributed by atoms with Crippen LogP contribution in [-0.4, -0.2) is 39.5 Å². The third-order valence-corrected chi connectivity index (χ3v) is 9.56. The molecule has 0 unspecified atom stereocenters. The van der Waals surface area contributed by atoms with Gasteiger partial charge in [-0.25, -0.2) is 4.68 Å². The van der Waals surface area contributed by atoms with Gasteiger partial charge >= 0.3 is 12.4 Å². The lowest BCUT2D eigenvalue weighted by atomic mass is 9.73. The van der Waals surface area contributed by atoms with Crippen molar-refractivity contribution < 1.29 is 35.9 Å². The summed E-state index contributed by atoms with van der Waals surface area (Å²) in [6.45, 7) is -1.07. The van der Waals surface area contributed by atoms with Gasteiger partial charge in [-0.3, -0.25) is 9.59 Å². The number of carbonyl (C=O) groups is 2. The van der Waals surface area contributed by atoms with Crippen LogP contribution in [0.25, 0.3) is 33.3 Å². The molecular weight excluding hydrogens is 696 g/mol. The third-order valence-electron chi connectivity index (χ3n) is 9.56. The molecule has 0 fully saturated rings. The number of aryl methyl sites for hydroxylation is 1. The average molecular weight is 728 g/mol. The van der Waals surface area contributed by atoms with E-state index in [2.05, 4.69) is 20.9 Å². The number of nitrogens with zero attached hydrogens (tertiary/aromatic N) is 3. The number of unbranched alkanes of at least 4 members (excludes halogenated alkanes) is 1. The van der Waals surface area contributed by atoms with E-state index in [9.17, 15) is 35.9 Å². The maximum absolute atomic E-state index is 13.8. The fraction of sp³-hybridized carbons (Fsp3) is 0.200. The molecule has 53 heavy (non-hydrogen) atoms. The first kappa shape index (κ1) is 35.4. The summed E-state index contributed by atoms with van der Waals surface area (Å²) >= 11 is 0. The van der Waals surface area contributed by atoms with Crippen LogP contribution in [0.2, 0.25) is 0 Å². The number of carbonyl (C=O) groups excluding carboxylic acids is 2. The van der Waals surface area contributed by atoms with Crippen molar-refractivity contribution in [1.29, 1.82) is 0 Å². The Labute approximate surface area is 299 Å². The smallest absolute Gasteiger partial charge is 0.346 e. The normalized spacial score (nSPS) is 13.4. The molecule has 1 heterocycles. The van der Waals surface area contributed by atoms with Crippen molar-refractivity contribution in [1.82, 2.24) is 20.3 Å². The first-order valence-electron chi connectivity index (χ1n) is 16.8. The van der Waals surface area contributed by atoms with E-state index in [0.29, 0.717) is 58.4 Å². The zero-order chi connectivity index (χ0) is 37.4. The van der Waals surface area contributed by atoms with Crippen LogP contribution in [0.1, 0.15) is 46.3 Å². The first-order chi connectivity index (χ1) is 25.4. The van der Waals surface area contributed by atoms with Crippen molar-refractivity contribution >= 4 is 28.5 Å². The van der Waals surface area contributed by atoms with E-state index in [4.69, 9.17) is 0 Å². The predicted octanol–water partition coefficient (Wildman–Crippen LogP) is 9.18. The van der Waals surface area contributed by atoms with Crippen LogP contribution in [0, 0.1) is 0 Å². The van der Waals surface area contributed by atoms with Crippen molar-refractivity contribution in [2.45, 2.75) is 43.6 Å². The fourth-order valence-corrected chi connectivity index (χ4v) is 7.15. The molecule has 1 aliphatic rings. The van der Waals surface area contributed by atoms with Gasteiger partial charge in [0, 0.05) is 12.1 Å². The zero-order valence-corrected chi connectivity index (χ0v) is 27.9. The van der Waals surface area contributed by atoms with E-state index in [1.54, 1.807) is 71.4 Å². The van der Waals surface area contributed by atoms with Gasteiger partial charge in [0.1, 0.15) is 17.5 Å². The maximum Gasteiger partial charge on any atom is 0.416 e. The summed E-state index contributed by atoms with van der Waals surface area (Å²) in [5, 5.41) is 13.6. The fourth-order valence-electron chi connectivity index (χ4n) is 7.15. The molecule has 7 rings (SSSR count). The second-order valence-corrected chi connectivity index (χ2v) is 12.8. The van der Waals surface area contributed by atoms with E-state index in [0.717, 1.165) is 23.3 Å². The molecule has 0 atom stereocenters. The second-order valence-electron chi connectivity index (χ2n) is 12.8. The Hall–Kier alpha value is -5.98. The Bertz CT molecular complexity index is 2270. The Kier molecular flexibility index (Phi) is 9.27. The number of rotatable bonds is 10. The van der Waals surface area contributed by atoms with Crippen molar-refractivity contribution in [3.05, 3.63) is 138 Å². The predicted molar refractivity (Wildman–Crippen MR) is 188 cm³/mol. The number of hydrogen-bond donors (Lipinski definition) is 2. The van der Waals surface area contributed by atoms with Gasteiger partial charge in [-0.1, -0.05) is 90.1 Å². The summed E-state index contributed by atoms with van der Waals surface area (Å²) in [6, 6.07) is 30.9. The van der Waals surface area contributed by atoms with Gasteiger partial charge in [-0.05, 0) is 83.0 Å². The minimum atomic E-state index is -4.57. The number of amides is 2. The highest BCUT2D eigenvalue weighted by atomic mass is 19.4. The Morgan fingerprint density at radius 1 is 0.698 bits per heavy atom. The minimum absolute atomic E-state index is 0.247. The maximum atomic E-state index is 13.8. The van der Waals surface area contributed by atoms with Crippen LogP contribution in [0.3, 0.4) is 0 Å². The standard InChI is InChI=1S/C40H31F6N5O2/c41-39(42,43)24-47-37(53)38(31-14-5-3-11-28(31)29-12-4-6-15-32(29)38)22-7-8-23-51-34-17-9-16-33(35(34)49-50-51)48-36(52)30-13-2-1-10-27(30)25-18-20-26(21-19-25)40(44,45)46/h1-6,9-21H,7-8,22-24H2,(H,47,53)(H,48,52). The van der Waals surface area contributed by atoms with Gasteiger partial charge in [0.25, 0.3) is 5.91 Å². The highest BCUT2D eigenvalue weighted by Gasteiger charge is 2.49. The van der Waals surface area contributed by atoms with E-state index in [1.807, 2.05) is 24.3 Å². The van der Waals surface area contributed by atoms with Crippen molar-refractivity contribution in [2.24, 2.45) is 0 Å². The van der Waals surface area contributed by atoms with Gasteiger partial charge in [0.2, 0.25) is 5.91 Å². The Morgan fingerprint density at radius 3 is 1.96 bits per heavy atom. The Balaban J connectivity index is 1.09. The zero-order valence-electron chi connectivity index (χ0n) is 27.9. The summed E-state index contributed by atoms with van der Waals surface area (Å²) in [5.74, 6) is -1.20. The third kappa shape index (κ3) is 6.86. The van der Waals surface area contributed by atoms with E-state index in [1.165, 1.54) is 12.1 Å². The molecule has 0 radical (unpaired) electrons. The topological polar surface area (TPSA) is 88.9 Å².